The van der Waals surface area contributed by atoms with Gasteiger partial charge >= 0.3 is 11.9 Å². The van der Waals surface area contributed by atoms with Crippen molar-refractivity contribution in [1.29, 1.82) is 0 Å². The molecule has 0 aliphatic heterocycles. The van der Waals surface area contributed by atoms with Crippen LogP contribution in [-0.2, 0) is 27.3 Å². The van der Waals surface area contributed by atoms with E-state index in [1.54, 1.807) is 19.1 Å². The summed E-state index contributed by atoms with van der Waals surface area (Å²) >= 11 is 0. The Morgan fingerprint density at radius 3 is 2.53 bits per heavy atom. The van der Waals surface area contributed by atoms with Gasteiger partial charge in [0.25, 0.3) is 0 Å². The molecule has 0 fully saturated rings. The van der Waals surface area contributed by atoms with Crippen molar-refractivity contribution in [3.63, 3.8) is 0 Å². The van der Waals surface area contributed by atoms with Crippen molar-refractivity contribution in [3.05, 3.63) is 47.2 Å². The summed E-state index contributed by atoms with van der Waals surface area (Å²) in [6.07, 6.45) is 1.33. The molecular weight excluding hydrogens is 246 g/mol. The molecule has 0 aliphatic carbocycles. The maximum atomic E-state index is 11.0. The molecule has 0 atom stereocenters. The molecule has 102 valence electrons. The number of methoxy groups -OCH3 is 1. The third kappa shape index (κ3) is 5.25. The van der Waals surface area contributed by atoms with Gasteiger partial charge in [-0.1, -0.05) is 24.3 Å². The number of rotatable bonds is 6. The minimum Gasteiger partial charge on any atom is -0.481 e. The van der Waals surface area contributed by atoms with E-state index in [2.05, 4.69) is 10.1 Å². The molecule has 2 N–H and O–H groups in total. The van der Waals surface area contributed by atoms with Gasteiger partial charge in [0.1, 0.15) is 0 Å². The van der Waals surface area contributed by atoms with E-state index in [0.29, 0.717) is 12.2 Å². The van der Waals surface area contributed by atoms with Crippen LogP contribution in [0, 0.1) is 0 Å². The Morgan fingerprint density at radius 1 is 1.32 bits per heavy atom. The highest BCUT2D eigenvalue weighted by molar-refractivity contribution is 5.82. The standard InChI is InChI=1S/C14H17NO4/c1-10(7-14(18)19-2)15-9-12-6-4-3-5-11(12)8-13(16)17/h3-7,15H,8-9H2,1-2H3,(H,16,17)/b10-7-. The van der Waals surface area contributed by atoms with Gasteiger partial charge in [-0.2, -0.15) is 0 Å². The molecule has 0 saturated heterocycles. The zero-order chi connectivity index (χ0) is 14.3. The molecule has 5 heteroatoms. The van der Waals surface area contributed by atoms with E-state index in [9.17, 15) is 9.59 Å². The van der Waals surface area contributed by atoms with Crippen LogP contribution in [0.5, 0.6) is 0 Å². The first kappa shape index (κ1) is 14.8. The number of hydrogen-bond donors (Lipinski definition) is 2. The number of carboxylic acid groups (broad SMARTS) is 1. The summed E-state index contributed by atoms with van der Waals surface area (Å²) in [6.45, 7) is 2.21. The number of carboxylic acids is 1. The number of benzene rings is 1. The van der Waals surface area contributed by atoms with Crippen molar-refractivity contribution in [3.8, 4) is 0 Å². The maximum Gasteiger partial charge on any atom is 0.332 e. The van der Waals surface area contributed by atoms with E-state index in [1.807, 2.05) is 12.1 Å². The van der Waals surface area contributed by atoms with E-state index in [4.69, 9.17) is 5.11 Å². The smallest absolute Gasteiger partial charge is 0.332 e. The highest BCUT2D eigenvalue weighted by atomic mass is 16.5. The number of carbonyl (C=O) groups excluding carboxylic acids is 1. The first-order chi connectivity index (χ1) is 9.02. The number of nitrogens with one attached hydrogen (secondary N) is 1. The molecule has 0 amide bonds. The first-order valence-corrected chi connectivity index (χ1v) is 5.81. The van der Waals surface area contributed by atoms with Gasteiger partial charge in [-0.15, -0.1) is 0 Å². The molecule has 5 nitrogen and oxygen atoms in total. The Morgan fingerprint density at radius 2 is 1.95 bits per heavy atom. The van der Waals surface area contributed by atoms with Crippen LogP contribution in [0.1, 0.15) is 18.1 Å². The van der Waals surface area contributed by atoms with E-state index < -0.39 is 11.9 Å². The largest absolute Gasteiger partial charge is 0.481 e. The molecule has 0 aromatic heterocycles. The molecule has 19 heavy (non-hydrogen) atoms. The molecule has 0 heterocycles. The molecule has 1 aromatic rings. The van der Waals surface area contributed by atoms with Crippen molar-refractivity contribution in [2.75, 3.05) is 7.11 Å². The molecule has 0 unspecified atom stereocenters. The van der Waals surface area contributed by atoms with Gasteiger partial charge in [-0.3, -0.25) is 4.79 Å². The lowest BCUT2D eigenvalue weighted by atomic mass is 10.0. The Labute approximate surface area is 111 Å². The van der Waals surface area contributed by atoms with Gasteiger partial charge in [0, 0.05) is 18.3 Å². The van der Waals surface area contributed by atoms with Gasteiger partial charge in [0.05, 0.1) is 13.5 Å². The molecule has 0 radical (unpaired) electrons. The van der Waals surface area contributed by atoms with Crippen molar-refractivity contribution < 1.29 is 19.4 Å². The van der Waals surface area contributed by atoms with Crippen LogP contribution in [0.2, 0.25) is 0 Å². The lowest BCUT2D eigenvalue weighted by Gasteiger charge is -2.10. The molecule has 0 bridgehead atoms. The summed E-state index contributed by atoms with van der Waals surface area (Å²) in [5, 5.41) is 11.9. The molecule has 1 aromatic carbocycles. The third-order valence-electron chi connectivity index (χ3n) is 2.55. The average Bonchev–Trinajstić information content (AvgIpc) is 2.37. The van der Waals surface area contributed by atoms with E-state index in [-0.39, 0.29) is 6.42 Å². The number of allylic oxidation sites excluding steroid dienone is 1. The van der Waals surface area contributed by atoms with Crippen LogP contribution in [-0.4, -0.2) is 24.2 Å². The monoisotopic (exact) mass is 263 g/mol. The quantitative estimate of drug-likeness (QED) is 0.600. The van der Waals surface area contributed by atoms with Gasteiger partial charge in [0.15, 0.2) is 0 Å². The lowest BCUT2D eigenvalue weighted by molar-refractivity contribution is -0.136. The molecule has 0 spiro atoms. The first-order valence-electron chi connectivity index (χ1n) is 5.81. The minimum absolute atomic E-state index is 0.0163. The topological polar surface area (TPSA) is 75.6 Å². The van der Waals surface area contributed by atoms with Crippen LogP contribution in [0.15, 0.2) is 36.0 Å². The molecule has 0 saturated carbocycles. The SMILES string of the molecule is COC(=O)/C=C(/C)NCc1ccccc1CC(=O)O. The molecular formula is C14H17NO4. The summed E-state index contributed by atoms with van der Waals surface area (Å²) in [4.78, 5) is 21.8. The zero-order valence-corrected chi connectivity index (χ0v) is 11.0. The van der Waals surface area contributed by atoms with Crippen molar-refractivity contribution in [1.82, 2.24) is 5.32 Å². The van der Waals surface area contributed by atoms with Crippen LogP contribution in [0.4, 0.5) is 0 Å². The highest BCUT2D eigenvalue weighted by Gasteiger charge is 2.06. The van der Waals surface area contributed by atoms with Crippen LogP contribution in [0.3, 0.4) is 0 Å². The maximum absolute atomic E-state index is 11.0. The summed E-state index contributed by atoms with van der Waals surface area (Å²) in [7, 11) is 1.31. The fraction of sp³-hybridized carbons (Fsp3) is 0.286. The minimum atomic E-state index is -0.866. The van der Waals surface area contributed by atoms with E-state index in [1.165, 1.54) is 13.2 Å². The van der Waals surface area contributed by atoms with Crippen LogP contribution < -0.4 is 5.32 Å². The van der Waals surface area contributed by atoms with Crippen LogP contribution in [0.25, 0.3) is 0 Å². The normalized spacial score (nSPS) is 10.9. The number of carbonyl (C=O) groups is 2. The summed E-state index contributed by atoms with van der Waals surface area (Å²) in [5.41, 5.74) is 2.31. The Balaban J connectivity index is 2.70. The number of ether oxygens (including phenoxy) is 1. The van der Waals surface area contributed by atoms with Crippen molar-refractivity contribution >= 4 is 11.9 Å². The molecule has 1 rings (SSSR count). The summed E-state index contributed by atoms with van der Waals surface area (Å²) in [5.74, 6) is -1.29. The van der Waals surface area contributed by atoms with Gasteiger partial charge < -0.3 is 15.2 Å². The second kappa shape index (κ2) is 7.20. The van der Waals surface area contributed by atoms with Gasteiger partial charge in [-0.25, -0.2) is 4.79 Å². The Kier molecular flexibility index (Phi) is 5.60. The van der Waals surface area contributed by atoms with Crippen LogP contribution >= 0.6 is 0 Å². The fourth-order valence-electron chi connectivity index (χ4n) is 1.59. The number of esters is 1. The predicted octanol–water partition coefficient (Wildman–Crippen LogP) is 1.48. The van der Waals surface area contributed by atoms with E-state index >= 15 is 0 Å². The Hall–Kier alpha value is -2.30. The summed E-state index contributed by atoms with van der Waals surface area (Å²) in [6, 6.07) is 7.29. The average molecular weight is 263 g/mol. The van der Waals surface area contributed by atoms with E-state index in [0.717, 1.165) is 11.1 Å². The second-order valence-electron chi connectivity index (χ2n) is 4.04. The molecule has 0 aliphatic rings. The van der Waals surface area contributed by atoms with Gasteiger partial charge in [-0.05, 0) is 18.1 Å². The number of aliphatic carboxylic acids is 1. The second-order valence-corrected chi connectivity index (χ2v) is 4.04. The summed E-state index contributed by atoms with van der Waals surface area (Å²) < 4.78 is 4.52. The zero-order valence-electron chi connectivity index (χ0n) is 11.0. The third-order valence-corrected chi connectivity index (χ3v) is 2.55. The van der Waals surface area contributed by atoms with Gasteiger partial charge in [0.2, 0.25) is 0 Å². The fourth-order valence-corrected chi connectivity index (χ4v) is 1.59. The lowest BCUT2D eigenvalue weighted by Crippen LogP contribution is -2.14. The Bertz CT molecular complexity index is 494. The van der Waals surface area contributed by atoms with Crippen molar-refractivity contribution in [2.45, 2.75) is 19.9 Å². The number of hydrogen-bond acceptors (Lipinski definition) is 4. The highest BCUT2D eigenvalue weighted by Crippen LogP contribution is 2.10. The van der Waals surface area contributed by atoms with Crippen molar-refractivity contribution in [2.24, 2.45) is 0 Å². The predicted molar refractivity (Wildman–Crippen MR) is 70.4 cm³/mol.